The van der Waals surface area contributed by atoms with Gasteiger partial charge in [0.2, 0.25) is 11.8 Å². The Balaban J connectivity index is 1.75. The van der Waals surface area contributed by atoms with Crippen LogP contribution in [0.2, 0.25) is 0 Å². The minimum Gasteiger partial charge on any atom is -0.493 e. The molecule has 0 spiro atoms. The van der Waals surface area contributed by atoms with Crippen LogP contribution < -0.4 is 4.74 Å². The zero-order valence-corrected chi connectivity index (χ0v) is 19.8. The molecule has 3 rings (SSSR count). The van der Waals surface area contributed by atoms with Gasteiger partial charge in [0, 0.05) is 57.0 Å². The van der Waals surface area contributed by atoms with E-state index in [-0.39, 0.29) is 23.5 Å². The molecular formula is C25H38FN3O3. The van der Waals surface area contributed by atoms with Crippen molar-refractivity contribution in [2.45, 2.75) is 46.0 Å². The van der Waals surface area contributed by atoms with E-state index in [1.54, 1.807) is 12.1 Å². The molecule has 2 aliphatic heterocycles. The summed E-state index contributed by atoms with van der Waals surface area (Å²) in [5.74, 6) is 0.626. The summed E-state index contributed by atoms with van der Waals surface area (Å²) in [5, 5.41) is 0. The molecule has 6 nitrogen and oxygen atoms in total. The van der Waals surface area contributed by atoms with E-state index >= 15 is 0 Å². The number of benzene rings is 1. The van der Waals surface area contributed by atoms with Gasteiger partial charge in [-0.3, -0.25) is 9.59 Å². The van der Waals surface area contributed by atoms with Crippen LogP contribution in [0.4, 0.5) is 4.39 Å². The predicted molar refractivity (Wildman–Crippen MR) is 123 cm³/mol. The number of carbonyl (C=O) groups is 2. The number of ether oxygens (including phenoxy) is 1. The Morgan fingerprint density at radius 3 is 2.31 bits per heavy atom. The smallest absolute Gasteiger partial charge is 0.225 e. The first-order valence-electron chi connectivity index (χ1n) is 12.0. The van der Waals surface area contributed by atoms with Crippen molar-refractivity contribution in [1.82, 2.24) is 14.7 Å². The second-order valence-electron chi connectivity index (χ2n) is 9.48. The van der Waals surface area contributed by atoms with E-state index < -0.39 is 5.41 Å². The van der Waals surface area contributed by atoms with Crippen molar-refractivity contribution in [2.75, 3.05) is 52.9 Å². The topological polar surface area (TPSA) is 53.1 Å². The number of nitrogens with zero attached hydrogens (tertiary/aromatic N) is 3. The van der Waals surface area contributed by atoms with Gasteiger partial charge < -0.3 is 19.4 Å². The number of likely N-dealkylation sites (tertiary alicyclic amines) is 1. The summed E-state index contributed by atoms with van der Waals surface area (Å²) in [7, 11) is 2.07. The van der Waals surface area contributed by atoms with Gasteiger partial charge in [-0.2, -0.15) is 0 Å². The quantitative estimate of drug-likeness (QED) is 0.613. The molecule has 178 valence electrons. The van der Waals surface area contributed by atoms with Gasteiger partial charge >= 0.3 is 0 Å². The van der Waals surface area contributed by atoms with Crippen LogP contribution in [0.15, 0.2) is 24.3 Å². The molecule has 7 heteroatoms. The first-order valence-corrected chi connectivity index (χ1v) is 12.0. The average Bonchev–Trinajstić information content (AvgIpc) is 2.80. The Kier molecular flexibility index (Phi) is 8.51. The molecule has 2 fully saturated rings. The molecule has 2 aliphatic rings. The van der Waals surface area contributed by atoms with Gasteiger partial charge in [-0.25, -0.2) is 4.39 Å². The van der Waals surface area contributed by atoms with Crippen molar-refractivity contribution < 1.29 is 18.7 Å². The zero-order chi connectivity index (χ0) is 23.1. The van der Waals surface area contributed by atoms with Crippen LogP contribution in [0.3, 0.4) is 0 Å². The highest BCUT2D eigenvalue weighted by Gasteiger charge is 2.41. The number of halogens is 1. The van der Waals surface area contributed by atoms with Crippen LogP contribution in [0.5, 0.6) is 5.75 Å². The molecule has 1 atom stereocenters. The zero-order valence-electron chi connectivity index (χ0n) is 19.8. The minimum atomic E-state index is -0.436. The molecular weight excluding hydrogens is 409 g/mol. The molecule has 2 saturated heterocycles. The highest BCUT2D eigenvalue weighted by Crippen LogP contribution is 2.36. The molecule has 2 heterocycles. The molecule has 0 aromatic heterocycles. The summed E-state index contributed by atoms with van der Waals surface area (Å²) in [6, 6.07) is 5.98. The van der Waals surface area contributed by atoms with Gasteiger partial charge in [0.1, 0.15) is 11.6 Å². The molecule has 2 amide bonds. The van der Waals surface area contributed by atoms with Gasteiger partial charge in [-0.15, -0.1) is 0 Å². The lowest BCUT2D eigenvalue weighted by atomic mass is 9.76. The Hall–Kier alpha value is -2.15. The number of hydrogen-bond donors (Lipinski definition) is 0. The summed E-state index contributed by atoms with van der Waals surface area (Å²) >= 11 is 0. The van der Waals surface area contributed by atoms with Crippen molar-refractivity contribution in [1.29, 1.82) is 0 Å². The fraction of sp³-hybridized carbons (Fsp3) is 0.680. The minimum absolute atomic E-state index is 0.0251. The molecule has 1 unspecified atom stereocenters. The Labute approximate surface area is 191 Å². The maximum absolute atomic E-state index is 13.3. The van der Waals surface area contributed by atoms with E-state index in [0.717, 1.165) is 58.4 Å². The molecule has 0 bridgehead atoms. The van der Waals surface area contributed by atoms with E-state index in [4.69, 9.17) is 4.74 Å². The number of piperazine rings is 1. The first kappa shape index (κ1) is 24.5. The van der Waals surface area contributed by atoms with E-state index in [0.29, 0.717) is 25.3 Å². The average molecular weight is 448 g/mol. The molecule has 0 radical (unpaired) electrons. The molecule has 1 aromatic carbocycles. The highest BCUT2D eigenvalue weighted by atomic mass is 19.1. The molecule has 32 heavy (non-hydrogen) atoms. The lowest BCUT2D eigenvalue weighted by Crippen LogP contribution is -2.53. The lowest BCUT2D eigenvalue weighted by Gasteiger charge is -2.44. The van der Waals surface area contributed by atoms with Crippen molar-refractivity contribution in [3.05, 3.63) is 30.1 Å². The van der Waals surface area contributed by atoms with Crippen molar-refractivity contribution >= 4 is 11.8 Å². The Morgan fingerprint density at radius 2 is 1.69 bits per heavy atom. The largest absolute Gasteiger partial charge is 0.493 e. The first-order chi connectivity index (χ1) is 15.4. The number of likely N-dealkylation sites (N-methyl/N-ethyl adjacent to an activating group) is 1. The Bertz CT molecular complexity index is 760. The highest BCUT2D eigenvalue weighted by molar-refractivity contribution is 5.80. The number of rotatable bonds is 8. The third-order valence-electron chi connectivity index (χ3n) is 7.05. The molecule has 0 N–H and O–H groups in total. The van der Waals surface area contributed by atoms with Crippen LogP contribution >= 0.6 is 0 Å². The number of piperidine rings is 1. The monoisotopic (exact) mass is 447 g/mol. The van der Waals surface area contributed by atoms with Crippen LogP contribution in [0.25, 0.3) is 0 Å². The van der Waals surface area contributed by atoms with Crippen LogP contribution in [0, 0.1) is 17.2 Å². The predicted octanol–water partition coefficient (Wildman–Crippen LogP) is 3.41. The van der Waals surface area contributed by atoms with Crippen LogP contribution in [0.1, 0.15) is 46.0 Å². The molecule has 0 aliphatic carbocycles. The summed E-state index contributed by atoms with van der Waals surface area (Å²) in [4.78, 5) is 32.5. The third kappa shape index (κ3) is 6.21. The van der Waals surface area contributed by atoms with E-state index in [9.17, 15) is 14.0 Å². The summed E-state index contributed by atoms with van der Waals surface area (Å²) in [6.45, 7) is 8.94. The van der Waals surface area contributed by atoms with Crippen molar-refractivity contribution in [2.24, 2.45) is 11.3 Å². The van der Waals surface area contributed by atoms with E-state index in [1.165, 1.54) is 12.1 Å². The van der Waals surface area contributed by atoms with Crippen LogP contribution in [-0.4, -0.2) is 79.4 Å². The number of amides is 2. The van der Waals surface area contributed by atoms with E-state index in [1.807, 2.05) is 9.80 Å². The van der Waals surface area contributed by atoms with Gasteiger partial charge in [-0.1, -0.05) is 13.8 Å². The maximum Gasteiger partial charge on any atom is 0.225 e. The van der Waals surface area contributed by atoms with E-state index in [2.05, 4.69) is 25.8 Å². The van der Waals surface area contributed by atoms with Crippen molar-refractivity contribution in [3.63, 3.8) is 0 Å². The second kappa shape index (κ2) is 11.1. The Morgan fingerprint density at radius 1 is 1.03 bits per heavy atom. The summed E-state index contributed by atoms with van der Waals surface area (Å²) in [5.41, 5.74) is -0.436. The lowest BCUT2D eigenvalue weighted by molar-refractivity contribution is -0.145. The van der Waals surface area contributed by atoms with Gasteiger partial charge in [-0.05, 0) is 57.0 Å². The van der Waals surface area contributed by atoms with Gasteiger partial charge in [0.15, 0.2) is 0 Å². The van der Waals surface area contributed by atoms with Crippen molar-refractivity contribution in [3.8, 4) is 5.75 Å². The summed E-state index contributed by atoms with van der Waals surface area (Å²) in [6.07, 6.45) is 3.70. The fourth-order valence-corrected chi connectivity index (χ4v) is 4.86. The normalized spacial score (nSPS) is 22.3. The standard InChI is InChI=1S/C25H38FN3O3/c1-4-20(5-2)24(31)29-12-6-11-25(18-29,19-32-22-9-7-21(26)8-10-22)17-23(30)28-15-13-27(3)14-16-28/h7-10,20H,4-6,11-19H2,1-3H3. The van der Waals surface area contributed by atoms with Gasteiger partial charge in [0.05, 0.1) is 6.61 Å². The third-order valence-corrected chi connectivity index (χ3v) is 7.05. The fourth-order valence-electron chi connectivity index (χ4n) is 4.86. The number of hydrogen-bond acceptors (Lipinski definition) is 4. The second-order valence-corrected chi connectivity index (χ2v) is 9.48. The molecule has 1 aromatic rings. The number of carbonyl (C=O) groups excluding carboxylic acids is 2. The van der Waals surface area contributed by atoms with Gasteiger partial charge in [0.25, 0.3) is 0 Å². The maximum atomic E-state index is 13.3. The SMILES string of the molecule is CCC(CC)C(=O)N1CCCC(COc2ccc(F)cc2)(CC(=O)N2CCN(C)CC2)C1. The van der Waals surface area contributed by atoms with Crippen LogP contribution in [-0.2, 0) is 9.59 Å². The summed E-state index contributed by atoms with van der Waals surface area (Å²) < 4.78 is 19.4. The molecule has 0 saturated carbocycles.